The van der Waals surface area contributed by atoms with Gasteiger partial charge in [-0.15, -0.1) is 0 Å². The molecule has 2 atom stereocenters. The van der Waals surface area contributed by atoms with Gasteiger partial charge >= 0.3 is 0 Å². The number of benzene rings is 1. The molecule has 0 aliphatic carbocycles. The lowest BCUT2D eigenvalue weighted by Gasteiger charge is -2.20. The number of fused-ring (bicyclic) bond motifs is 1. The number of hydrogen-bond donors (Lipinski definition) is 2. The van der Waals surface area contributed by atoms with Gasteiger partial charge in [0.05, 0.1) is 0 Å². The molecule has 4 heteroatoms. The Morgan fingerprint density at radius 3 is 2.78 bits per heavy atom. The fraction of sp³-hybridized carbons (Fsp3) is 0.500. The summed E-state index contributed by atoms with van der Waals surface area (Å²) in [5.41, 5.74) is 1.41. The van der Waals surface area contributed by atoms with Crippen molar-refractivity contribution in [1.82, 2.24) is 5.32 Å². The molecule has 0 saturated carbocycles. The van der Waals surface area contributed by atoms with Gasteiger partial charge in [0.25, 0.3) is 0 Å². The van der Waals surface area contributed by atoms with Crippen LogP contribution in [0.5, 0.6) is 0 Å². The summed E-state index contributed by atoms with van der Waals surface area (Å²) in [7, 11) is 0. The Morgan fingerprint density at radius 1 is 1.39 bits per heavy atom. The minimum Gasteiger partial charge on any atom is -0.324 e. The maximum Gasteiger partial charge on any atom is 0.246 e. The molecular formula is C14H19FN2O. The minimum atomic E-state index is -0.366. The minimum absolute atomic E-state index is 0.105. The molecule has 0 aromatic heterocycles. The van der Waals surface area contributed by atoms with Gasteiger partial charge in [-0.25, -0.2) is 4.39 Å². The molecular weight excluding hydrogens is 231 g/mol. The number of carbonyl (C=O) groups excluding carboxylic acids is 1. The van der Waals surface area contributed by atoms with Crippen molar-refractivity contribution >= 4 is 11.6 Å². The number of anilines is 1. The Balaban J connectivity index is 2.13. The third kappa shape index (κ3) is 2.70. The van der Waals surface area contributed by atoms with E-state index in [4.69, 9.17) is 0 Å². The normalized spacial score (nSPS) is 19.8. The Hall–Kier alpha value is -1.42. The molecule has 1 aromatic rings. The Kier molecular flexibility index (Phi) is 3.66. The van der Waals surface area contributed by atoms with Gasteiger partial charge in [0, 0.05) is 17.3 Å². The number of nitrogens with one attached hydrogen (secondary N) is 2. The standard InChI is InChI=1S/C14H19FN2O/c1-8(2)6-9(3)16-13-11-5-4-10(15)7-12(11)17-14(13)18/h4-5,7-9,13,16H,6H2,1-3H3,(H,17,18). The SMILES string of the molecule is CC(C)CC(C)NC1C(=O)Nc2cc(F)ccc21. The first-order valence-electron chi connectivity index (χ1n) is 6.33. The van der Waals surface area contributed by atoms with Crippen LogP contribution in [0.25, 0.3) is 0 Å². The van der Waals surface area contributed by atoms with Gasteiger partial charge in [-0.2, -0.15) is 0 Å². The van der Waals surface area contributed by atoms with E-state index in [9.17, 15) is 9.18 Å². The van der Waals surface area contributed by atoms with E-state index in [1.165, 1.54) is 12.1 Å². The van der Waals surface area contributed by atoms with Gasteiger partial charge < -0.3 is 5.32 Å². The highest BCUT2D eigenvalue weighted by atomic mass is 19.1. The summed E-state index contributed by atoms with van der Waals surface area (Å²) in [6, 6.07) is 4.30. The molecule has 0 spiro atoms. The van der Waals surface area contributed by atoms with Crippen LogP contribution in [-0.4, -0.2) is 11.9 Å². The van der Waals surface area contributed by atoms with Crippen LogP contribution in [0.1, 0.15) is 38.8 Å². The molecule has 0 bridgehead atoms. The van der Waals surface area contributed by atoms with Gasteiger partial charge in [0.1, 0.15) is 11.9 Å². The van der Waals surface area contributed by atoms with Crippen molar-refractivity contribution in [3.63, 3.8) is 0 Å². The third-order valence-corrected chi connectivity index (χ3v) is 3.12. The first-order valence-corrected chi connectivity index (χ1v) is 6.33. The van der Waals surface area contributed by atoms with Gasteiger partial charge in [0.2, 0.25) is 5.91 Å². The molecule has 0 radical (unpaired) electrons. The molecule has 0 fully saturated rings. The van der Waals surface area contributed by atoms with Gasteiger partial charge in [0.15, 0.2) is 0 Å². The van der Waals surface area contributed by atoms with Crippen molar-refractivity contribution in [2.24, 2.45) is 5.92 Å². The number of carbonyl (C=O) groups is 1. The maximum absolute atomic E-state index is 13.1. The zero-order valence-corrected chi connectivity index (χ0v) is 11.0. The quantitative estimate of drug-likeness (QED) is 0.862. The van der Waals surface area contributed by atoms with Crippen molar-refractivity contribution in [1.29, 1.82) is 0 Å². The highest BCUT2D eigenvalue weighted by Crippen LogP contribution is 2.31. The summed E-state index contributed by atoms with van der Waals surface area (Å²) in [6.45, 7) is 6.36. The van der Waals surface area contributed by atoms with Gasteiger partial charge in [-0.05, 0) is 31.4 Å². The van der Waals surface area contributed by atoms with E-state index in [-0.39, 0.29) is 23.8 Å². The van der Waals surface area contributed by atoms with Crippen LogP contribution in [-0.2, 0) is 4.79 Å². The molecule has 1 aromatic carbocycles. The van der Waals surface area contributed by atoms with E-state index < -0.39 is 0 Å². The highest BCUT2D eigenvalue weighted by molar-refractivity contribution is 6.02. The lowest BCUT2D eigenvalue weighted by Crippen LogP contribution is -2.35. The number of halogens is 1. The second-order valence-electron chi connectivity index (χ2n) is 5.35. The average molecular weight is 250 g/mol. The van der Waals surface area contributed by atoms with Crippen molar-refractivity contribution in [2.75, 3.05) is 5.32 Å². The zero-order valence-electron chi connectivity index (χ0n) is 11.0. The van der Waals surface area contributed by atoms with Crippen LogP contribution in [0.2, 0.25) is 0 Å². The molecule has 1 amide bonds. The summed E-state index contributed by atoms with van der Waals surface area (Å²) >= 11 is 0. The Bertz CT molecular complexity index is 459. The monoisotopic (exact) mass is 250 g/mol. The molecule has 18 heavy (non-hydrogen) atoms. The molecule has 1 heterocycles. The largest absolute Gasteiger partial charge is 0.324 e. The van der Waals surface area contributed by atoms with Crippen molar-refractivity contribution in [3.8, 4) is 0 Å². The number of rotatable bonds is 4. The van der Waals surface area contributed by atoms with Crippen molar-refractivity contribution in [3.05, 3.63) is 29.6 Å². The van der Waals surface area contributed by atoms with E-state index in [1.54, 1.807) is 6.07 Å². The molecule has 1 aliphatic rings. The van der Waals surface area contributed by atoms with E-state index in [2.05, 4.69) is 31.4 Å². The molecule has 2 rings (SSSR count). The predicted octanol–water partition coefficient (Wildman–Crippen LogP) is 2.84. The first kappa shape index (κ1) is 13.0. The molecule has 1 aliphatic heterocycles. The zero-order chi connectivity index (χ0) is 13.3. The Morgan fingerprint density at radius 2 is 2.11 bits per heavy atom. The maximum atomic E-state index is 13.1. The second kappa shape index (κ2) is 5.06. The number of amides is 1. The summed E-state index contributed by atoms with van der Waals surface area (Å²) in [5.74, 6) is 0.140. The summed E-state index contributed by atoms with van der Waals surface area (Å²) in [4.78, 5) is 11.9. The fourth-order valence-electron chi connectivity index (χ4n) is 2.46. The van der Waals surface area contributed by atoms with Crippen LogP contribution in [0, 0.1) is 11.7 Å². The molecule has 2 N–H and O–H groups in total. The lowest BCUT2D eigenvalue weighted by molar-refractivity contribution is -0.117. The summed E-state index contributed by atoms with van der Waals surface area (Å²) in [5, 5.41) is 6.01. The van der Waals surface area contributed by atoms with Crippen molar-refractivity contribution < 1.29 is 9.18 Å². The topological polar surface area (TPSA) is 41.1 Å². The van der Waals surface area contributed by atoms with Gasteiger partial charge in [-0.1, -0.05) is 19.9 Å². The van der Waals surface area contributed by atoms with Crippen LogP contribution in [0.3, 0.4) is 0 Å². The third-order valence-electron chi connectivity index (χ3n) is 3.12. The van der Waals surface area contributed by atoms with Crippen LogP contribution in [0.4, 0.5) is 10.1 Å². The van der Waals surface area contributed by atoms with E-state index in [0.29, 0.717) is 11.6 Å². The van der Waals surface area contributed by atoms with Crippen LogP contribution < -0.4 is 10.6 Å². The molecule has 2 unspecified atom stereocenters. The molecule has 0 saturated heterocycles. The van der Waals surface area contributed by atoms with Crippen molar-refractivity contribution in [2.45, 2.75) is 39.3 Å². The first-order chi connectivity index (χ1) is 8.47. The molecule has 3 nitrogen and oxygen atoms in total. The van der Waals surface area contributed by atoms with Gasteiger partial charge in [-0.3, -0.25) is 10.1 Å². The van der Waals surface area contributed by atoms with E-state index in [0.717, 1.165) is 12.0 Å². The summed E-state index contributed by atoms with van der Waals surface area (Å²) in [6.07, 6.45) is 1.00. The number of hydrogen-bond acceptors (Lipinski definition) is 2. The average Bonchev–Trinajstić information content (AvgIpc) is 2.53. The van der Waals surface area contributed by atoms with Crippen LogP contribution in [0.15, 0.2) is 18.2 Å². The fourth-order valence-corrected chi connectivity index (χ4v) is 2.46. The predicted molar refractivity (Wildman–Crippen MR) is 69.8 cm³/mol. The highest BCUT2D eigenvalue weighted by Gasteiger charge is 2.31. The second-order valence-corrected chi connectivity index (χ2v) is 5.35. The van der Waals surface area contributed by atoms with E-state index in [1.807, 2.05) is 0 Å². The molecule has 98 valence electrons. The smallest absolute Gasteiger partial charge is 0.246 e. The lowest BCUT2D eigenvalue weighted by atomic mass is 10.0. The Labute approximate surface area is 107 Å². The van der Waals surface area contributed by atoms with E-state index >= 15 is 0 Å². The summed E-state index contributed by atoms with van der Waals surface area (Å²) < 4.78 is 13.1. The van der Waals surface area contributed by atoms with Crippen LogP contribution >= 0.6 is 0 Å².